The van der Waals surface area contributed by atoms with Gasteiger partial charge in [-0.05, 0) is 42.8 Å². The quantitative estimate of drug-likeness (QED) is 0.559. The molecule has 0 aliphatic carbocycles. The van der Waals surface area contributed by atoms with Crippen LogP contribution >= 0.6 is 23.2 Å². The van der Waals surface area contributed by atoms with E-state index in [1.807, 2.05) is 31.2 Å². The van der Waals surface area contributed by atoms with Crippen LogP contribution in [0.25, 0.3) is 0 Å². The summed E-state index contributed by atoms with van der Waals surface area (Å²) >= 11 is 12.1. The molecular weight excluding hydrogens is 375 g/mol. The molecule has 0 fully saturated rings. The molecule has 0 unspecified atom stereocenters. The van der Waals surface area contributed by atoms with Crippen molar-refractivity contribution in [3.8, 4) is 11.5 Å². The molecule has 0 saturated carbocycles. The molecule has 0 radical (unpaired) electrons. The number of hydrogen-bond donors (Lipinski definition) is 0. The smallest absolute Gasteiger partial charge is 0.161 e. The van der Waals surface area contributed by atoms with Gasteiger partial charge in [-0.3, -0.25) is 0 Å². The lowest BCUT2D eigenvalue weighted by atomic mass is 10.2. The molecule has 0 saturated heterocycles. The van der Waals surface area contributed by atoms with Crippen molar-refractivity contribution in [1.29, 1.82) is 0 Å². The highest BCUT2D eigenvalue weighted by atomic mass is 35.5. The number of rotatable bonds is 7. The Morgan fingerprint density at radius 2 is 1.85 bits per heavy atom. The zero-order valence-corrected chi connectivity index (χ0v) is 15.5. The fourth-order valence-electron chi connectivity index (χ4n) is 2.17. The molecule has 1 heterocycles. The van der Waals surface area contributed by atoms with Crippen LogP contribution in [0.4, 0.5) is 0 Å². The van der Waals surface area contributed by atoms with E-state index in [1.165, 1.54) is 17.3 Å². The van der Waals surface area contributed by atoms with Crippen molar-refractivity contribution in [2.45, 2.75) is 13.5 Å². The molecule has 3 aromatic rings. The molecule has 0 aliphatic rings. The van der Waals surface area contributed by atoms with E-state index >= 15 is 0 Å². The Bertz CT molecular complexity index is 898. The molecule has 8 heteroatoms. The summed E-state index contributed by atoms with van der Waals surface area (Å²) in [5.41, 5.74) is 1.70. The van der Waals surface area contributed by atoms with E-state index in [0.717, 1.165) is 11.1 Å². The first kappa shape index (κ1) is 18.2. The first-order valence-corrected chi connectivity index (χ1v) is 8.64. The van der Waals surface area contributed by atoms with E-state index in [2.05, 4.69) is 15.3 Å². The van der Waals surface area contributed by atoms with Crippen molar-refractivity contribution >= 4 is 29.4 Å². The molecule has 1 aromatic heterocycles. The van der Waals surface area contributed by atoms with Crippen LogP contribution in [0.1, 0.15) is 18.1 Å². The fraction of sp³-hybridized carbons (Fsp3) is 0.167. The fourth-order valence-corrected chi connectivity index (χ4v) is 2.64. The summed E-state index contributed by atoms with van der Waals surface area (Å²) in [7, 11) is 0. The molecule has 3 rings (SSSR count). The van der Waals surface area contributed by atoms with Gasteiger partial charge >= 0.3 is 0 Å². The maximum absolute atomic E-state index is 6.19. The number of benzene rings is 2. The average Bonchev–Trinajstić information content (AvgIpc) is 3.14. The first-order chi connectivity index (χ1) is 12.7. The van der Waals surface area contributed by atoms with E-state index in [4.69, 9.17) is 32.7 Å². The van der Waals surface area contributed by atoms with Crippen LogP contribution in [-0.2, 0) is 6.61 Å². The monoisotopic (exact) mass is 390 g/mol. The highest BCUT2D eigenvalue weighted by molar-refractivity contribution is 6.35. The van der Waals surface area contributed by atoms with Crippen molar-refractivity contribution in [3.63, 3.8) is 0 Å². The summed E-state index contributed by atoms with van der Waals surface area (Å²) < 4.78 is 13.1. The van der Waals surface area contributed by atoms with Crippen LogP contribution in [-0.4, -0.2) is 27.7 Å². The summed E-state index contributed by atoms with van der Waals surface area (Å²) in [5, 5.41) is 12.8. The van der Waals surface area contributed by atoms with Crippen molar-refractivity contribution < 1.29 is 9.47 Å². The highest BCUT2D eigenvalue weighted by Gasteiger charge is 2.08. The van der Waals surface area contributed by atoms with Gasteiger partial charge in [0.05, 0.1) is 12.8 Å². The summed E-state index contributed by atoms with van der Waals surface area (Å²) in [6.07, 6.45) is 4.70. The lowest BCUT2D eigenvalue weighted by molar-refractivity contribution is 0.269. The third kappa shape index (κ3) is 4.74. The van der Waals surface area contributed by atoms with Crippen LogP contribution in [0.5, 0.6) is 11.5 Å². The van der Waals surface area contributed by atoms with Crippen molar-refractivity contribution in [3.05, 3.63) is 70.2 Å². The molecule has 0 amide bonds. The van der Waals surface area contributed by atoms with Gasteiger partial charge in [0.1, 0.15) is 19.3 Å². The van der Waals surface area contributed by atoms with Crippen LogP contribution in [0, 0.1) is 0 Å². The van der Waals surface area contributed by atoms with Crippen molar-refractivity contribution in [2.24, 2.45) is 5.10 Å². The molecule has 0 N–H and O–H groups in total. The maximum atomic E-state index is 6.19. The van der Waals surface area contributed by atoms with Crippen LogP contribution in [0.3, 0.4) is 0 Å². The number of aromatic nitrogens is 3. The second-order valence-corrected chi connectivity index (χ2v) is 6.09. The third-order valence-electron chi connectivity index (χ3n) is 3.41. The summed E-state index contributed by atoms with van der Waals surface area (Å²) in [4.78, 5) is 0. The van der Waals surface area contributed by atoms with E-state index < -0.39 is 0 Å². The SMILES string of the molecule is CCOc1cc(/C=N\n2cnnc2)ccc1OCc1ccc(Cl)cc1Cl. The molecular formula is C18H16Cl2N4O2. The minimum absolute atomic E-state index is 0.310. The Balaban J connectivity index is 1.75. The minimum atomic E-state index is 0.310. The standard InChI is InChI=1S/C18H16Cl2N4O2/c1-2-25-18-7-13(9-23-24-11-21-22-12-24)3-6-17(18)26-10-14-4-5-15(19)8-16(14)20/h3-9,11-12H,2,10H2,1H3/b23-9-. The molecule has 0 bridgehead atoms. The molecule has 26 heavy (non-hydrogen) atoms. The Labute approximate surface area is 161 Å². The Morgan fingerprint density at radius 3 is 2.58 bits per heavy atom. The van der Waals surface area contributed by atoms with Gasteiger partial charge in [-0.2, -0.15) is 5.10 Å². The minimum Gasteiger partial charge on any atom is -0.490 e. The summed E-state index contributed by atoms with van der Waals surface area (Å²) in [5.74, 6) is 1.25. The van der Waals surface area contributed by atoms with E-state index in [9.17, 15) is 0 Å². The summed E-state index contributed by atoms with van der Waals surface area (Å²) in [6, 6.07) is 10.9. The highest BCUT2D eigenvalue weighted by Crippen LogP contribution is 2.30. The van der Waals surface area contributed by atoms with Gasteiger partial charge in [-0.1, -0.05) is 29.3 Å². The van der Waals surface area contributed by atoms with E-state index in [0.29, 0.717) is 34.8 Å². The molecule has 0 spiro atoms. The zero-order chi connectivity index (χ0) is 18.4. The normalized spacial score (nSPS) is 11.0. The average molecular weight is 391 g/mol. The van der Waals surface area contributed by atoms with Gasteiger partial charge in [0.25, 0.3) is 0 Å². The van der Waals surface area contributed by atoms with Gasteiger partial charge < -0.3 is 9.47 Å². The molecule has 2 aromatic carbocycles. The Hall–Kier alpha value is -2.57. The van der Waals surface area contributed by atoms with E-state index in [-0.39, 0.29) is 0 Å². The maximum Gasteiger partial charge on any atom is 0.161 e. The second-order valence-electron chi connectivity index (χ2n) is 5.25. The zero-order valence-electron chi connectivity index (χ0n) is 14.0. The lowest BCUT2D eigenvalue weighted by Gasteiger charge is -2.13. The number of halogens is 2. The van der Waals surface area contributed by atoms with Crippen LogP contribution in [0.15, 0.2) is 54.2 Å². The Kier molecular flexibility index (Phi) is 6.09. The van der Waals surface area contributed by atoms with Crippen LogP contribution in [0.2, 0.25) is 10.0 Å². The number of ether oxygens (including phenoxy) is 2. The molecule has 0 aliphatic heterocycles. The Morgan fingerprint density at radius 1 is 1.04 bits per heavy atom. The number of nitrogens with zero attached hydrogens (tertiary/aromatic N) is 4. The molecule has 0 atom stereocenters. The first-order valence-electron chi connectivity index (χ1n) is 7.88. The lowest BCUT2D eigenvalue weighted by Crippen LogP contribution is -2.01. The van der Waals surface area contributed by atoms with Gasteiger partial charge in [-0.25, -0.2) is 4.68 Å². The van der Waals surface area contributed by atoms with Gasteiger partial charge in [0.15, 0.2) is 11.5 Å². The predicted octanol–water partition coefficient (Wildman–Crippen LogP) is 4.44. The van der Waals surface area contributed by atoms with Gasteiger partial charge in [-0.15, -0.1) is 10.2 Å². The largest absolute Gasteiger partial charge is 0.490 e. The van der Waals surface area contributed by atoms with Crippen LogP contribution < -0.4 is 9.47 Å². The third-order valence-corrected chi connectivity index (χ3v) is 4.00. The topological polar surface area (TPSA) is 61.5 Å². The van der Waals surface area contributed by atoms with Crippen molar-refractivity contribution in [2.75, 3.05) is 6.61 Å². The summed E-state index contributed by atoms with van der Waals surface area (Å²) in [6.45, 7) is 2.74. The molecule has 6 nitrogen and oxygen atoms in total. The van der Waals surface area contributed by atoms with E-state index in [1.54, 1.807) is 18.3 Å². The molecule has 134 valence electrons. The number of hydrogen-bond acceptors (Lipinski definition) is 5. The predicted molar refractivity (Wildman–Crippen MR) is 101 cm³/mol. The van der Waals surface area contributed by atoms with Gasteiger partial charge in [0.2, 0.25) is 0 Å². The van der Waals surface area contributed by atoms with Crippen molar-refractivity contribution in [1.82, 2.24) is 14.9 Å². The second kappa shape index (κ2) is 8.69. The van der Waals surface area contributed by atoms with Gasteiger partial charge in [0, 0.05) is 15.6 Å².